The van der Waals surface area contributed by atoms with Gasteiger partial charge in [-0.2, -0.15) is 8.78 Å². The quantitative estimate of drug-likeness (QED) is 0.619. The Balaban J connectivity index is 1.79. The molecule has 0 fully saturated rings. The van der Waals surface area contributed by atoms with Gasteiger partial charge in [0.05, 0.1) is 0 Å². The Labute approximate surface area is 130 Å². The van der Waals surface area contributed by atoms with Crippen LogP contribution in [0.4, 0.5) is 8.78 Å². The summed E-state index contributed by atoms with van der Waals surface area (Å²) in [6.45, 7) is -2.80. The maximum absolute atomic E-state index is 12.4. The standard InChI is InChI=1S/C17H12F2O4/c18-17(19)23-14-4-2-1-3-11(14)5-7-13(20)12-6-8-15-16(9-12)22-10-21-15/h1-9,17H,10H2/b7-5+. The topological polar surface area (TPSA) is 44.8 Å². The van der Waals surface area contributed by atoms with Crippen LogP contribution >= 0.6 is 0 Å². The Morgan fingerprint density at radius 3 is 2.74 bits per heavy atom. The van der Waals surface area contributed by atoms with Crippen LogP contribution in [0.25, 0.3) is 6.08 Å². The lowest BCUT2D eigenvalue weighted by Gasteiger charge is -2.07. The van der Waals surface area contributed by atoms with Gasteiger partial charge in [0.25, 0.3) is 0 Å². The predicted octanol–water partition coefficient (Wildman–Crippen LogP) is 3.91. The van der Waals surface area contributed by atoms with Gasteiger partial charge in [0.1, 0.15) is 5.75 Å². The van der Waals surface area contributed by atoms with E-state index in [1.807, 2.05) is 0 Å². The van der Waals surface area contributed by atoms with Gasteiger partial charge >= 0.3 is 6.61 Å². The number of rotatable bonds is 5. The molecule has 0 saturated carbocycles. The highest BCUT2D eigenvalue weighted by molar-refractivity contribution is 6.07. The van der Waals surface area contributed by atoms with Gasteiger partial charge in [0.15, 0.2) is 17.3 Å². The molecule has 0 radical (unpaired) electrons. The van der Waals surface area contributed by atoms with Gasteiger partial charge < -0.3 is 14.2 Å². The van der Waals surface area contributed by atoms with Crippen LogP contribution in [0.15, 0.2) is 48.5 Å². The second-order valence-electron chi connectivity index (χ2n) is 4.68. The number of hydrogen-bond donors (Lipinski definition) is 0. The Kier molecular flexibility index (Phi) is 4.23. The minimum absolute atomic E-state index is 0.0113. The third-order valence-electron chi connectivity index (χ3n) is 3.21. The molecule has 0 aromatic heterocycles. The van der Waals surface area contributed by atoms with Gasteiger partial charge in [0, 0.05) is 11.1 Å². The Bertz CT molecular complexity index is 756. The molecule has 1 heterocycles. The average molecular weight is 318 g/mol. The van der Waals surface area contributed by atoms with Gasteiger partial charge in [-0.15, -0.1) is 0 Å². The molecule has 1 aliphatic heterocycles. The van der Waals surface area contributed by atoms with E-state index in [0.717, 1.165) is 0 Å². The molecular weight excluding hydrogens is 306 g/mol. The van der Waals surface area contributed by atoms with Crippen molar-refractivity contribution in [3.63, 3.8) is 0 Å². The molecule has 118 valence electrons. The molecule has 2 aromatic rings. The molecular formula is C17H12F2O4. The monoisotopic (exact) mass is 318 g/mol. The normalized spacial score (nSPS) is 12.8. The highest BCUT2D eigenvalue weighted by atomic mass is 19.3. The highest BCUT2D eigenvalue weighted by Crippen LogP contribution is 2.32. The van der Waals surface area contributed by atoms with E-state index in [1.165, 1.54) is 18.2 Å². The fourth-order valence-corrected chi connectivity index (χ4v) is 2.13. The molecule has 0 atom stereocenters. The zero-order valence-corrected chi connectivity index (χ0v) is 11.9. The highest BCUT2D eigenvalue weighted by Gasteiger charge is 2.15. The second kappa shape index (κ2) is 6.48. The summed E-state index contributed by atoms with van der Waals surface area (Å²) in [6, 6.07) is 11.1. The first-order valence-corrected chi connectivity index (χ1v) is 6.79. The number of carbonyl (C=O) groups is 1. The number of alkyl halides is 2. The van der Waals surface area contributed by atoms with E-state index in [2.05, 4.69) is 4.74 Å². The SMILES string of the molecule is O=C(/C=C/c1ccccc1OC(F)F)c1ccc2c(c1)OCO2. The van der Waals surface area contributed by atoms with Crippen molar-refractivity contribution in [2.75, 3.05) is 6.79 Å². The third kappa shape index (κ3) is 3.48. The first-order chi connectivity index (χ1) is 11.1. The average Bonchev–Trinajstić information content (AvgIpc) is 3.00. The molecule has 6 heteroatoms. The molecule has 0 unspecified atom stereocenters. The minimum Gasteiger partial charge on any atom is -0.454 e. The van der Waals surface area contributed by atoms with Crippen molar-refractivity contribution in [2.45, 2.75) is 6.61 Å². The van der Waals surface area contributed by atoms with E-state index in [9.17, 15) is 13.6 Å². The number of ketones is 1. The molecule has 3 rings (SSSR count). The third-order valence-corrected chi connectivity index (χ3v) is 3.21. The fraction of sp³-hybridized carbons (Fsp3) is 0.118. The van der Waals surface area contributed by atoms with Crippen LogP contribution in [-0.4, -0.2) is 19.2 Å². The summed E-state index contributed by atoms with van der Waals surface area (Å²) in [5.74, 6) is 0.819. The number of hydrogen-bond acceptors (Lipinski definition) is 4. The van der Waals surface area contributed by atoms with E-state index >= 15 is 0 Å². The molecule has 4 nitrogen and oxygen atoms in total. The summed E-state index contributed by atoms with van der Waals surface area (Å²) in [5, 5.41) is 0. The molecule has 0 N–H and O–H groups in total. The molecule has 2 aromatic carbocycles. The smallest absolute Gasteiger partial charge is 0.387 e. The molecule has 0 saturated heterocycles. The number of halogens is 2. The van der Waals surface area contributed by atoms with Crippen molar-refractivity contribution in [3.05, 3.63) is 59.7 Å². The van der Waals surface area contributed by atoms with Crippen LogP contribution in [0.5, 0.6) is 17.2 Å². The van der Waals surface area contributed by atoms with E-state index in [-0.39, 0.29) is 18.3 Å². The predicted molar refractivity (Wildman–Crippen MR) is 79.0 cm³/mol. The molecule has 1 aliphatic rings. The van der Waals surface area contributed by atoms with Crippen molar-refractivity contribution < 1.29 is 27.8 Å². The van der Waals surface area contributed by atoms with E-state index in [4.69, 9.17) is 9.47 Å². The van der Waals surface area contributed by atoms with Crippen LogP contribution < -0.4 is 14.2 Å². The number of benzene rings is 2. The number of para-hydroxylation sites is 1. The second-order valence-corrected chi connectivity index (χ2v) is 4.68. The summed E-state index contributed by atoms with van der Waals surface area (Å²) < 4.78 is 39.5. The zero-order valence-electron chi connectivity index (χ0n) is 11.9. The zero-order chi connectivity index (χ0) is 16.2. The number of allylic oxidation sites excluding steroid dienone is 1. The summed E-state index contributed by atoms with van der Waals surface area (Å²) in [6.07, 6.45) is 2.73. The van der Waals surface area contributed by atoms with Gasteiger partial charge in [-0.1, -0.05) is 18.2 Å². The number of carbonyl (C=O) groups excluding carboxylic acids is 1. The van der Waals surface area contributed by atoms with Crippen molar-refractivity contribution in [1.82, 2.24) is 0 Å². The first kappa shape index (κ1) is 15.0. The summed E-state index contributed by atoms with van der Waals surface area (Å²) in [4.78, 5) is 12.2. The van der Waals surface area contributed by atoms with Crippen LogP contribution in [0, 0.1) is 0 Å². The number of fused-ring (bicyclic) bond motifs is 1. The Morgan fingerprint density at radius 2 is 1.91 bits per heavy atom. The van der Waals surface area contributed by atoms with Gasteiger partial charge in [0.2, 0.25) is 6.79 Å². The maximum atomic E-state index is 12.4. The van der Waals surface area contributed by atoms with Gasteiger partial charge in [-0.05, 0) is 36.4 Å². The van der Waals surface area contributed by atoms with Crippen molar-refractivity contribution in [2.24, 2.45) is 0 Å². The van der Waals surface area contributed by atoms with E-state index in [1.54, 1.807) is 36.4 Å². The van der Waals surface area contributed by atoms with Crippen LogP contribution in [0.3, 0.4) is 0 Å². The first-order valence-electron chi connectivity index (χ1n) is 6.79. The largest absolute Gasteiger partial charge is 0.454 e. The fourth-order valence-electron chi connectivity index (χ4n) is 2.13. The molecule has 23 heavy (non-hydrogen) atoms. The van der Waals surface area contributed by atoms with Crippen LogP contribution in [-0.2, 0) is 0 Å². The van der Waals surface area contributed by atoms with Crippen molar-refractivity contribution >= 4 is 11.9 Å². The van der Waals surface area contributed by atoms with Gasteiger partial charge in [-0.25, -0.2) is 0 Å². The van der Waals surface area contributed by atoms with Crippen molar-refractivity contribution in [3.8, 4) is 17.2 Å². The van der Waals surface area contributed by atoms with Crippen LogP contribution in [0.2, 0.25) is 0 Å². The lowest BCUT2D eigenvalue weighted by molar-refractivity contribution is -0.0499. The molecule has 0 amide bonds. The van der Waals surface area contributed by atoms with Crippen molar-refractivity contribution in [1.29, 1.82) is 0 Å². The lowest BCUT2D eigenvalue weighted by Crippen LogP contribution is -2.03. The summed E-state index contributed by atoms with van der Waals surface area (Å²) in [5.41, 5.74) is 0.805. The minimum atomic E-state index is -2.92. The Morgan fingerprint density at radius 1 is 1.13 bits per heavy atom. The molecule has 0 bridgehead atoms. The molecule has 0 spiro atoms. The summed E-state index contributed by atoms with van der Waals surface area (Å²) >= 11 is 0. The molecule has 0 aliphatic carbocycles. The summed E-state index contributed by atoms with van der Waals surface area (Å²) in [7, 11) is 0. The van der Waals surface area contributed by atoms with Gasteiger partial charge in [-0.3, -0.25) is 4.79 Å². The van der Waals surface area contributed by atoms with Crippen LogP contribution in [0.1, 0.15) is 15.9 Å². The number of ether oxygens (including phenoxy) is 3. The van der Waals surface area contributed by atoms with E-state index < -0.39 is 6.61 Å². The maximum Gasteiger partial charge on any atom is 0.387 e. The van der Waals surface area contributed by atoms with E-state index in [0.29, 0.717) is 22.6 Å². The lowest BCUT2D eigenvalue weighted by atomic mass is 10.1. The Hall–Kier alpha value is -2.89.